The van der Waals surface area contributed by atoms with E-state index in [4.69, 9.17) is 0 Å². The predicted octanol–water partition coefficient (Wildman–Crippen LogP) is 1.94. The second kappa shape index (κ2) is 5.29. The molecule has 1 saturated carbocycles. The van der Waals surface area contributed by atoms with Gasteiger partial charge in [-0.25, -0.2) is 0 Å². The highest BCUT2D eigenvalue weighted by atomic mass is 32.2. The van der Waals surface area contributed by atoms with E-state index in [1.54, 1.807) is 6.92 Å². The summed E-state index contributed by atoms with van der Waals surface area (Å²) in [6.07, 6.45) is 6.02. The molecule has 2 fully saturated rings. The molecule has 0 bridgehead atoms. The Balaban J connectivity index is 1.93. The first-order valence-corrected chi connectivity index (χ1v) is 7.47. The Labute approximate surface area is 107 Å². The zero-order chi connectivity index (χ0) is 12.4. The van der Waals surface area contributed by atoms with Gasteiger partial charge in [0.1, 0.15) is 0 Å². The van der Waals surface area contributed by atoms with Gasteiger partial charge in [0.15, 0.2) is 0 Å². The maximum atomic E-state index is 11.9. The molecule has 0 atom stereocenters. The highest BCUT2D eigenvalue weighted by Crippen LogP contribution is 2.33. The molecular weight excluding hydrogens is 236 g/mol. The lowest BCUT2D eigenvalue weighted by Gasteiger charge is -2.38. The van der Waals surface area contributed by atoms with E-state index >= 15 is 0 Å². The summed E-state index contributed by atoms with van der Waals surface area (Å²) in [7, 11) is 0. The van der Waals surface area contributed by atoms with Crippen LogP contribution in [0.3, 0.4) is 0 Å². The number of hydrogen-bond acceptors (Lipinski definition) is 3. The number of amides is 2. The standard InChI is InChI=1S/C12H20N2O2S/c1-9(15)13-7-5-11(6-8-13)14(10-3-4-10)12(16)17-2/h10-11H,3-8H2,1-2H3. The van der Waals surface area contributed by atoms with Crippen molar-refractivity contribution >= 4 is 22.9 Å². The van der Waals surface area contributed by atoms with Gasteiger partial charge in [0.25, 0.3) is 5.24 Å². The second-order valence-corrected chi connectivity index (χ2v) is 5.60. The molecule has 0 aromatic rings. The van der Waals surface area contributed by atoms with Gasteiger partial charge < -0.3 is 9.80 Å². The lowest BCUT2D eigenvalue weighted by atomic mass is 10.0. The third kappa shape index (κ3) is 2.94. The SMILES string of the molecule is CSC(=O)N(C1CC1)C1CCN(C(C)=O)CC1. The van der Waals surface area contributed by atoms with Crippen molar-refractivity contribution in [2.75, 3.05) is 19.3 Å². The molecule has 4 nitrogen and oxygen atoms in total. The van der Waals surface area contributed by atoms with Crippen LogP contribution in [0.15, 0.2) is 0 Å². The summed E-state index contributed by atoms with van der Waals surface area (Å²) >= 11 is 1.31. The summed E-state index contributed by atoms with van der Waals surface area (Å²) in [5.41, 5.74) is 0. The molecule has 0 N–H and O–H groups in total. The van der Waals surface area contributed by atoms with E-state index in [-0.39, 0.29) is 11.1 Å². The first kappa shape index (κ1) is 12.7. The zero-order valence-corrected chi connectivity index (χ0v) is 11.3. The quantitative estimate of drug-likeness (QED) is 0.758. The molecule has 1 heterocycles. The molecule has 2 aliphatic rings. The van der Waals surface area contributed by atoms with Crippen LogP contribution in [0, 0.1) is 0 Å². The highest BCUT2D eigenvalue weighted by molar-refractivity contribution is 8.12. The average Bonchev–Trinajstić information content (AvgIpc) is 3.14. The Morgan fingerprint density at radius 1 is 1.12 bits per heavy atom. The molecule has 5 heteroatoms. The molecule has 96 valence electrons. The van der Waals surface area contributed by atoms with Crippen molar-refractivity contribution < 1.29 is 9.59 Å². The second-order valence-electron chi connectivity index (χ2n) is 4.85. The normalized spacial score (nSPS) is 21.4. The van der Waals surface area contributed by atoms with Crippen LogP contribution in [0.4, 0.5) is 4.79 Å². The predicted molar refractivity (Wildman–Crippen MR) is 69.0 cm³/mol. The van der Waals surface area contributed by atoms with Gasteiger partial charge in [0.05, 0.1) is 0 Å². The van der Waals surface area contributed by atoms with Crippen LogP contribution in [0.1, 0.15) is 32.6 Å². The van der Waals surface area contributed by atoms with Crippen LogP contribution in [-0.4, -0.2) is 52.4 Å². The van der Waals surface area contributed by atoms with E-state index in [1.165, 1.54) is 11.8 Å². The maximum Gasteiger partial charge on any atom is 0.281 e. The van der Waals surface area contributed by atoms with Crippen molar-refractivity contribution in [1.29, 1.82) is 0 Å². The summed E-state index contributed by atoms with van der Waals surface area (Å²) in [5, 5.41) is 0.203. The molecule has 2 rings (SSSR count). The minimum absolute atomic E-state index is 0.151. The Bertz CT molecular complexity index is 310. The molecule has 0 aromatic carbocycles. The van der Waals surface area contributed by atoms with Crippen molar-refractivity contribution in [2.24, 2.45) is 0 Å². The number of thioether (sulfide) groups is 1. The molecule has 1 aliphatic carbocycles. The van der Waals surface area contributed by atoms with Gasteiger partial charge >= 0.3 is 0 Å². The molecule has 0 radical (unpaired) electrons. The Morgan fingerprint density at radius 3 is 2.06 bits per heavy atom. The van der Waals surface area contributed by atoms with Crippen molar-refractivity contribution in [2.45, 2.75) is 44.7 Å². The van der Waals surface area contributed by atoms with Crippen molar-refractivity contribution in [3.8, 4) is 0 Å². The van der Waals surface area contributed by atoms with Gasteiger partial charge in [-0.3, -0.25) is 9.59 Å². The molecule has 1 saturated heterocycles. The van der Waals surface area contributed by atoms with Crippen LogP contribution < -0.4 is 0 Å². The van der Waals surface area contributed by atoms with Crippen LogP contribution in [-0.2, 0) is 4.79 Å². The van der Waals surface area contributed by atoms with E-state index in [0.29, 0.717) is 12.1 Å². The fourth-order valence-corrected chi connectivity index (χ4v) is 3.02. The van der Waals surface area contributed by atoms with E-state index in [9.17, 15) is 9.59 Å². The Morgan fingerprint density at radius 2 is 1.65 bits per heavy atom. The van der Waals surface area contributed by atoms with Gasteiger partial charge in [-0.05, 0) is 31.9 Å². The van der Waals surface area contributed by atoms with Crippen LogP contribution in [0.2, 0.25) is 0 Å². The summed E-state index contributed by atoms with van der Waals surface area (Å²) < 4.78 is 0. The first-order chi connectivity index (χ1) is 8.13. The Hall–Kier alpha value is -0.710. The fraction of sp³-hybridized carbons (Fsp3) is 0.833. The number of rotatable bonds is 2. The molecule has 2 amide bonds. The first-order valence-electron chi connectivity index (χ1n) is 6.25. The minimum Gasteiger partial charge on any atom is -0.343 e. The molecule has 0 spiro atoms. The number of carbonyl (C=O) groups excluding carboxylic acids is 2. The molecule has 0 unspecified atom stereocenters. The van der Waals surface area contributed by atoms with E-state index in [0.717, 1.165) is 38.8 Å². The number of hydrogen-bond donors (Lipinski definition) is 0. The molecule has 17 heavy (non-hydrogen) atoms. The third-order valence-corrected chi connectivity index (χ3v) is 4.19. The number of piperidine rings is 1. The summed E-state index contributed by atoms with van der Waals surface area (Å²) in [6.45, 7) is 3.21. The van der Waals surface area contributed by atoms with Crippen molar-refractivity contribution in [1.82, 2.24) is 9.80 Å². The topological polar surface area (TPSA) is 40.6 Å². The van der Waals surface area contributed by atoms with Gasteiger partial charge in [-0.1, -0.05) is 11.8 Å². The lowest BCUT2D eigenvalue weighted by Crippen LogP contribution is -2.48. The fourth-order valence-electron chi connectivity index (χ4n) is 2.51. The van der Waals surface area contributed by atoms with Crippen LogP contribution in [0.25, 0.3) is 0 Å². The monoisotopic (exact) mass is 256 g/mol. The van der Waals surface area contributed by atoms with Crippen molar-refractivity contribution in [3.63, 3.8) is 0 Å². The van der Waals surface area contributed by atoms with E-state index < -0.39 is 0 Å². The van der Waals surface area contributed by atoms with Crippen molar-refractivity contribution in [3.05, 3.63) is 0 Å². The maximum absolute atomic E-state index is 11.9. The van der Waals surface area contributed by atoms with Gasteiger partial charge in [0, 0.05) is 32.1 Å². The lowest BCUT2D eigenvalue weighted by molar-refractivity contribution is -0.130. The minimum atomic E-state index is 0.151. The van der Waals surface area contributed by atoms with E-state index in [2.05, 4.69) is 4.90 Å². The largest absolute Gasteiger partial charge is 0.343 e. The summed E-state index contributed by atoms with van der Waals surface area (Å²) in [6, 6.07) is 0.821. The van der Waals surface area contributed by atoms with Crippen LogP contribution in [0.5, 0.6) is 0 Å². The van der Waals surface area contributed by atoms with Gasteiger partial charge in [-0.2, -0.15) is 0 Å². The van der Waals surface area contributed by atoms with Crippen LogP contribution >= 0.6 is 11.8 Å². The highest BCUT2D eigenvalue weighted by Gasteiger charge is 2.38. The summed E-state index contributed by atoms with van der Waals surface area (Å²) in [4.78, 5) is 27.1. The molecule has 1 aliphatic heterocycles. The number of likely N-dealkylation sites (tertiary alicyclic amines) is 1. The molecule has 0 aromatic heterocycles. The van der Waals surface area contributed by atoms with E-state index in [1.807, 2.05) is 11.2 Å². The van der Waals surface area contributed by atoms with Gasteiger partial charge in [-0.15, -0.1) is 0 Å². The Kier molecular flexibility index (Phi) is 3.97. The number of nitrogens with zero attached hydrogens (tertiary/aromatic N) is 2. The van der Waals surface area contributed by atoms with Gasteiger partial charge in [0.2, 0.25) is 5.91 Å². The molecular formula is C12H20N2O2S. The average molecular weight is 256 g/mol. The smallest absolute Gasteiger partial charge is 0.281 e. The zero-order valence-electron chi connectivity index (χ0n) is 10.5. The summed E-state index contributed by atoms with van der Waals surface area (Å²) in [5.74, 6) is 0.151. The third-order valence-electron chi connectivity index (χ3n) is 3.63. The number of carbonyl (C=O) groups is 2.